The second kappa shape index (κ2) is 7.94. The Morgan fingerprint density at radius 1 is 1.16 bits per heavy atom. The van der Waals surface area contributed by atoms with Crippen molar-refractivity contribution < 1.29 is 4.39 Å². The number of aryl methyl sites for hydroxylation is 1. The lowest BCUT2D eigenvalue weighted by molar-refractivity contribution is 0.257. The lowest BCUT2D eigenvalue weighted by Crippen LogP contribution is -2.27. The van der Waals surface area contributed by atoms with E-state index in [0.29, 0.717) is 6.54 Å². The van der Waals surface area contributed by atoms with E-state index in [9.17, 15) is 4.39 Å². The molecule has 0 aliphatic carbocycles. The van der Waals surface area contributed by atoms with E-state index in [1.54, 1.807) is 18.3 Å². The number of tetrazole rings is 1. The van der Waals surface area contributed by atoms with Crippen molar-refractivity contribution in [2.75, 3.05) is 7.05 Å². The lowest BCUT2D eigenvalue weighted by atomic mass is 9.99. The van der Waals surface area contributed by atoms with Crippen LogP contribution in [-0.4, -0.2) is 37.1 Å². The minimum atomic E-state index is -0.247. The monoisotopic (exact) mass is 340 g/mol. The molecule has 0 N–H and O–H groups in total. The fraction of sp³-hybridized carbons (Fsp3) is 0.333. The number of benzene rings is 1. The van der Waals surface area contributed by atoms with Crippen LogP contribution in [0.2, 0.25) is 0 Å². The van der Waals surface area contributed by atoms with Crippen LogP contribution in [0.15, 0.2) is 48.8 Å². The number of aromatic nitrogens is 5. The van der Waals surface area contributed by atoms with Crippen LogP contribution < -0.4 is 0 Å². The molecule has 6 nitrogen and oxygen atoms in total. The van der Waals surface area contributed by atoms with Crippen molar-refractivity contribution in [3.05, 3.63) is 71.6 Å². The normalized spacial score (nSPS) is 12.5. The third kappa shape index (κ3) is 4.06. The average molecular weight is 340 g/mol. The first-order valence-electron chi connectivity index (χ1n) is 8.29. The summed E-state index contributed by atoms with van der Waals surface area (Å²) in [6.45, 7) is 3.44. The van der Waals surface area contributed by atoms with Crippen molar-refractivity contribution >= 4 is 0 Å². The van der Waals surface area contributed by atoms with Crippen molar-refractivity contribution in [1.82, 2.24) is 30.1 Å². The molecule has 0 spiro atoms. The number of hydrogen-bond acceptors (Lipinski definition) is 5. The van der Waals surface area contributed by atoms with E-state index in [-0.39, 0.29) is 11.9 Å². The van der Waals surface area contributed by atoms with Crippen molar-refractivity contribution in [3.8, 4) is 0 Å². The molecule has 7 heteroatoms. The molecule has 2 heterocycles. The average Bonchev–Trinajstić information content (AvgIpc) is 3.05. The summed E-state index contributed by atoms with van der Waals surface area (Å²) >= 11 is 0. The Labute approximate surface area is 146 Å². The summed E-state index contributed by atoms with van der Waals surface area (Å²) in [5.41, 5.74) is 2.03. The molecule has 3 aromatic rings. The van der Waals surface area contributed by atoms with E-state index in [1.807, 2.05) is 30.1 Å². The Bertz CT molecular complexity index is 787. The zero-order chi connectivity index (χ0) is 17.6. The summed E-state index contributed by atoms with van der Waals surface area (Å²) in [7, 11) is 2.01. The topological polar surface area (TPSA) is 59.7 Å². The van der Waals surface area contributed by atoms with Gasteiger partial charge in [0.05, 0.1) is 12.6 Å². The summed E-state index contributed by atoms with van der Waals surface area (Å²) in [5, 5.41) is 12.0. The fourth-order valence-electron chi connectivity index (χ4n) is 2.92. The van der Waals surface area contributed by atoms with Crippen LogP contribution in [0.5, 0.6) is 0 Å². The van der Waals surface area contributed by atoms with E-state index in [1.165, 1.54) is 12.1 Å². The van der Waals surface area contributed by atoms with E-state index in [0.717, 1.165) is 29.9 Å². The standard InChI is InChI=1S/C18H21FN6/c1-3-11-25-17(21-22-23-25)13-24(2)18(15-5-4-10-20-12-15)14-6-8-16(19)9-7-14/h4-10,12,18H,3,11,13H2,1-2H3. The molecular formula is C18H21FN6. The second-order valence-corrected chi connectivity index (χ2v) is 5.97. The quantitative estimate of drug-likeness (QED) is 0.662. The second-order valence-electron chi connectivity index (χ2n) is 5.97. The molecule has 0 radical (unpaired) electrons. The fourth-order valence-corrected chi connectivity index (χ4v) is 2.92. The van der Waals surface area contributed by atoms with Gasteiger partial charge in [-0.2, -0.15) is 0 Å². The van der Waals surface area contributed by atoms with Gasteiger partial charge in [-0.3, -0.25) is 9.88 Å². The highest BCUT2D eigenvalue weighted by Crippen LogP contribution is 2.28. The number of rotatable bonds is 7. The first-order valence-corrected chi connectivity index (χ1v) is 8.29. The molecule has 0 saturated heterocycles. The van der Waals surface area contributed by atoms with Gasteiger partial charge in [0, 0.05) is 18.9 Å². The Hall–Kier alpha value is -2.67. The van der Waals surface area contributed by atoms with Crippen LogP contribution in [-0.2, 0) is 13.1 Å². The van der Waals surface area contributed by atoms with Gasteiger partial charge in [-0.1, -0.05) is 25.1 Å². The Morgan fingerprint density at radius 3 is 2.64 bits per heavy atom. The minimum absolute atomic E-state index is 0.0684. The highest BCUT2D eigenvalue weighted by molar-refractivity contribution is 5.30. The van der Waals surface area contributed by atoms with E-state index < -0.39 is 0 Å². The van der Waals surface area contributed by atoms with Gasteiger partial charge >= 0.3 is 0 Å². The van der Waals surface area contributed by atoms with Gasteiger partial charge < -0.3 is 0 Å². The third-order valence-corrected chi connectivity index (χ3v) is 4.06. The number of halogens is 1. The summed E-state index contributed by atoms with van der Waals surface area (Å²) < 4.78 is 15.2. The highest BCUT2D eigenvalue weighted by Gasteiger charge is 2.21. The number of nitrogens with zero attached hydrogens (tertiary/aromatic N) is 6. The van der Waals surface area contributed by atoms with Gasteiger partial charge in [0.2, 0.25) is 0 Å². The van der Waals surface area contributed by atoms with Crippen LogP contribution in [0.4, 0.5) is 4.39 Å². The van der Waals surface area contributed by atoms with Crippen molar-refractivity contribution in [3.63, 3.8) is 0 Å². The van der Waals surface area contributed by atoms with Gasteiger partial charge in [0.1, 0.15) is 5.82 Å². The van der Waals surface area contributed by atoms with Gasteiger partial charge in [0.25, 0.3) is 0 Å². The molecule has 25 heavy (non-hydrogen) atoms. The molecule has 2 aromatic heterocycles. The summed E-state index contributed by atoms with van der Waals surface area (Å²) in [5.74, 6) is 0.559. The largest absolute Gasteiger partial charge is 0.288 e. The first kappa shape index (κ1) is 17.2. The van der Waals surface area contributed by atoms with Gasteiger partial charge in [-0.15, -0.1) is 5.10 Å². The summed E-state index contributed by atoms with van der Waals surface area (Å²) in [6, 6.07) is 10.4. The predicted octanol–water partition coefficient (Wildman–Crippen LogP) is 2.84. The van der Waals surface area contributed by atoms with Crippen LogP contribution in [0, 0.1) is 5.82 Å². The highest BCUT2D eigenvalue weighted by atomic mass is 19.1. The molecule has 0 fully saturated rings. The Balaban J connectivity index is 1.91. The van der Waals surface area contributed by atoms with Crippen LogP contribution in [0.25, 0.3) is 0 Å². The molecule has 0 aliphatic heterocycles. The molecule has 3 rings (SSSR count). The Morgan fingerprint density at radius 2 is 1.96 bits per heavy atom. The molecule has 0 bridgehead atoms. The molecule has 130 valence electrons. The van der Waals surface area contributed by atoms with Crippen LogP contribution >= 0.6 is 0 Å². The summed E-state index contributed by atoms with van der Waals surface area (Å²) in [6.07, 6.45) is 4.54. The van der Waals surface area contributed by atoms with E-state index >= 15 is 0 Å². The van der Waals surface area contributed by atoms with Crippen molar-refractivity contribution in [1.29, 1.82) is 0 Å². The molecular weight excluding hydrogens is 319 g/mol. The van der Waals surface area contributed by atoms with Gasteiger partial charge in [-0.05, 0) is 53.2 Å². The number of pyridine rings is 1. The zero-order valence-corrected chi connectivity index (χ0v) is 14.4. The maximum Gasteiger partial charge on any atom is 0.165 e. The van der Waals surface area contributed by atoms with Crippen molar-refractivity contribution in [2.24, 2.45) is 0 Å². The maximum atomic E-state index is 13.3. The molecule has 1 unspecified atom stereocenters. The van der Waals surface area contributed by atoms with Crippen molar-refractivity contribution in [2.45, 2.75) is 32.5 Å². The maximum absolute atomic E-state index is 13.3. The molecule has 1 atom stereocenters. The first-order chi connectivity index (χ1) is 12.2. The molecule has 0 aliphatic rings. The smallest absolute Gasteiger partial charge is 0.165 e. The molecule has 0 saturated carbocycles. The predicted molar refractivity (Wildman–Crippen MR) is 92.1 cm³/mol. The minimum Gasteiger partial charge on any atom is -0.288 e. The summed E-state index contributed by atoms with van der Waals surface area (Å²) in [4.78, 5) is 6.37. The zero-order valence-electron chi connectivity index (χ0n) is 14.4. The SMILES string of the molecule is CCCn1nnnc1CN(C)C(c1ccc(F)cc1)c1cccnc1. The number of hydrogen-bond donors (Lipinski definition) is 0. The molecule has 0 amide bonds. The lowest BCUT2D eigenvalue weighted by Gasteiger charge is -2.28. The molecule has 1 aromatic carbocycles. The van der Waals surface area contributed by atoms with E-state index in [2.05, 4.69) is 32.3 Å². The van der Waals surface area contributed by atoms with Crippen LogP contribution in [0.3, 0.4) is 0 Å². The van der Waals surface area contributed by atoms with Gasteiger partial charge in [-0.25, -0.2) is 9.07 Å². The Kier molecular flexibility index (Phi) is 5.45. The van der Waals surface area contributed by atoms with Crippen LogP contribution in [0.1, 0.15) is 36.3 Å². The van der Waals surface area contributed by atoms with Gasteiger partial charge in [0.15, 0.2) is 5.82 Å². The third-order valence-electron chi connectivity index (χ3n) is 4.06. The van der Waals surface area contributed by atoms with E-state index in [4.69, 9.17) is 0 Å².